The van der Waals surface area contributed by atoms with Crippen LogP contribution in [-0.2, 0) is 4.79 Å². The van der Waals surface area contributed by atoms with Gasteiger partial charge in [0.15, 0.2) is 0 Å². The van der Waals surface area contributed by atoms with Gasteiger partial charge in [0.25, 0.3) is 0 Å². The average Bonchev–Trinajstić information content (AvgIpc) is 2.37. The number of benzene rings is 2. The van der Waals surface area contributed by atoms with Crippen LogP contribution >= 0.6 is 15.9 Å². The van der Waals surface area contributed by atoms with Crippen molar-refractivity contribution >= 4 is 27.5 Å². The predicted molar refractivity (Wildman–Crippen MR) is 80.9 cm³/mol. The van der Waals surface area contributed by atoms with Crippen LogP contribution in [0.3, 0.4) is 0 Å². The SMILES string of the molecule is Cc1cc(Br)cc(NC(=O)C(N)c2ccccc2)c1. The Morgan fingerprint density at radius 3 is 2.53 bits per heavy atom. The van der Waals surface area contributed by atoms with Crippen LogP contribution in [0.4, 0.5) is 5.69 Å². The maximum absolute atomic E-state index is 12.1. The smallest absolute Gasteiger partial charge is 0.245 e. The zero-order valence-corrected chi connectivity index (χ0v) is 12.1. The van der Waals surface area contributed by atoms with Crippen molar-refractivity contribution in [3.8, 4) is 0 Å². The van der Waals surface area contributed by atoms with Crippen LogP contribution in [0.25, 0.3) is 0 Å². The molecule has 0 heterocycles. The molecular formula is C15H15BrN2O. The number of aryl methyl sites for hydroxylation is 1. The van der Waals surface area contributed by atoms with E-state index in [0.717, 1.165) is 21.3 Å². The molecule has 1 amide bonds. The molecule has 0 aliphatic rings. The van der Waals surface area contributed by atoms with E-state index < -0.39 is 6.04 Å². The Morgan fingerprint density at radius 1 is 1.21 bits per heavy atom. The molecule has 4 heteroatoms. The van der Waals surface area contributed by atoms with E-state index in [1.807, 2.05) is 55.5 Å². The van der Waals surface area contributed by atoms with E-state index in [0.29, 0.717) is 0 Å². The molecule has 0 saturated carbocycles. The van der Waals surface area contributed by atoms with E-state index in [9.17, 15) is 4.79 Å². The summed E-state index contributed by atoms with van der Waals surface area (Å²) < 4.78 is 0.927. The molecule has 19 heavy (non-hydrogen) atoms. The second-order valence-electron chi connectivity index (χ2n) is 4.39. The summed E-state index contributed by atoms with van der Waals surface area (Å²) >= 11 is 3.40. The summed E-state index contributed by atoms with van der Waals surface area (Å²) in [6.07, 6.45) is 0. The number of carbonyl (C=O) groups excluding carboxylic acids is 1. The standard InChI is InChI=1S/C15H15BrN2O/c1-10-7-12(16)9-13(8-10)18-15(19)14(17)11-5-3-2-4-6-11/h2-9,14H,17H2,1H3,(H,18,19). The lowest BCUT2D eigenvalue weighted by Crippen LogP contribution is -2.27. The lowest BCUT2D eigenvalue weighted by molar-refractivity contribution is -0.117. The fraction of sp³-hybridized carbons (Fsp3) is 0.133. The maximum Gasteiger partial charge on any atom is 0.245 e. The lowest BCUT2D eigenvalue weighted by Gasteiger charge is -2.13. The summed E-state index contributed by atoms with van der Waals surface area (Å²) in [5, 5.41) is 2.83. The summed E-state index contributed by atoms with van der Waals surface area (Å²) in [7, 11) is 0. The number of halogens is 1. The number of nitrogens with two attached hydrogens (primary N) is 1. The molecule has 0 aliphatic heterocycles. The van der Waals surface area contributed by atoms with E-state index in [-0.39, 0.29) is 5.91 Å². The first-order chi connectivity index (χ1) is 9.06. The average molecular weight is 319 g/mol. The number of nitrogens with one attached hydrogen (secondary N) is 1. The van der Waals surface area contributed by atoms with Gasteiger partial charge in [-0.3, -0.25) is 4.79 Å². The summed E-state index contributed by atoms with van der Waals surface area (Å²) in [5.41, 5.74) is 8.54. The molecule has 1 unspecified atom stereocenters. The van der Waals surface area contributed by atoms with E-state index in [4.69, 9.17) is 5.73 Å². The minimum Gasteiger partial charge on any atom is -0.324 e. The van der Waals surface area contributed by atoms with Crippen molar-refractivity contribution < 1.29 is 4.79 Å². The fourth-order valence-corrected chi connectivity index (χ4v) is 2.45. The second-order valence-corrected chi connectivity index (χ2v) is 5.31. The van der Waals surface area contributed by atoms with Gasteiger partial charge in [0.05, 0.1) is 0 Å². The Bertz CT molecular complexity index is 564. The fourth-order valence-electron chi connectivity index (χ4n) is 1.84. The first kappa shape index (κ1) is 13.8. The molecular weight excluding hydrogens is 304 g/mol. The Hall–Kier alpha value is -1.65. The zero-order valence-electron chi connectivity index (χ0n) is 10.6. The molecule has 0 aromatic heterocycles. The molecule has 1 atom stereocenters. The Labute approximate surface area is 121 Å². The zero-order chi connectivity index (χ0) is 13.8. The number of hydrogen-bond acceptors (Lipinski definition) is 2. The molecule has 0 saturated heterocycles. The first-order valence-corrected chi connectivity index (χ1v) is 6.74. The number of rotatable bonds is 3. The van der Waals surface area contributed by atoms with Gasteiger partial charge in [0.2, 0.25) is 5.91 Å². The summed E-state index contributed by atoms with van der Waals surface area (Å²) in [4.78, 5) is 12.1. The van der Waals surface area contributed by atoms with Gasteiger partial charge in [-0.15, -0.1) is 0 Å². The van der Waals surface area contributed by atoms with E-state index in [1.54, 1.807) is 0 Å². The molecule has 0 radical (unpaired) electrons. The van der Waals surface area contributed by atoms with Crippen LogP contribution in [0.1, 0.15) is 17.2 Å². The normalized spacial score (nSPS) is 11.9. The molecule has 2 aromatic carbocycles. The molecule has 0 spiro atoms. The molecule has 2 aromatic rings. The van der Waals surface area contributed by atoms with Gasteiger partial charge in [-0.2, -0.15) is 0 Å². The van der Waals surface area contributed by atoms with Gasteiger partial charge in [-0.1, -0.05) is 46.3 Å². The monoisotopic (exact) mass is 318 g/mol. The quantitative estimate of drug-likeness (QED) is 0.911. The second kappa shape index (κ2) is 5.99. The minimum atomic E-state index is -0.666. The third-order valence-corrected chi connectivity index (χ3v) is 3.21. The number of hydrogen-bond donors (Lipinski definition) is 2. The van der Waals surface area contributed by atoms with Crippen LogP contribution in [0.5, 0.6) is 0 Å². The minimum absolute atomic E-state index is 0.219. The molecule has 3 nitrogen and oxygen atoms in total. The lowest BCUT2D eigenvalue weighted by atomic mass is 10.1. The molecule has 98 valence electrons. The van der Waals surface area contributed by atoms with Crippen LogP contribution in [0.2, 0.25) is 0 Å². The Balaban J connectivity index is 2.13. The highest BCUT2D eigenvalue weighted by Gasteiger charge is 2.15. The van der Waals surface area contributed by atoms with Crippen LogP contribution < -0.4 is 11.1 Å². The third-order valence-electron chi connectivity index (χ3n) is 2.75. The number of anilines is 1. The number of carbonyl (C=O) groups is 1. The van der Waals surface area contributed by atoms with Gasteiger partial charge in [-0.25, -0.2) is 0 Å². The molecule has 0 fully saturated rings. The van der Waals surface area contributed by atoms with E-state index in [1.165, 1.54) is 0 Å². The summed E-state index contributed by atoms with van der Waals surface area (Å²) in [5.74, 6) is -0.219. The van der Waals surface area contributed by atoms with Gasteiger partial charge in [0, 0.05) is 10.2 Å². The van der Waals surface area contributed by atoms with Crippen LogP contribution in [0.15, 0.2) is 53.0 Å². The topological polar surface area (TPSA) is 55.1 Å². The van der Waals surface area contributed by atoms with Gasteiger partial charge < -0.3 is 11.1 Å². The van der Waals surface area contributed by atoms with Crippen molar-refractivity contribution in [1.29, 1.82) is 0 Å². The van der Waals surface area contributed by atoms with Gasteiger partial charge in [0.1, 0.15) is 6.04 Å². The van der Waals surface area contributed by atoms with Crippen molar-refractivity contribution in [1.82, 2.24) is 0 Å². The summed E-state index contributed by atoms with van der Waals surface area (Å²) in [6, 6.07) is 14.4. The van der Waals surface area contributed by atoms with Crippen LogP contribution in [-0.4, -0.2) is 5.91 Å². The van der Waals surface area contributed by atoms with Crippen molar-refractivity contribution in [2.45, 2.75) is 13.0 Å². The number of amides is 1. The largest absolute Gasteiger partial charge is 0.324 e. The van der Waals surface area contributed by atoms with E-state index in [2.05, 4.69) is 21.2 Å². The molecule has 2 rings (SSSR count). The molecule has 0 bridgehead atoms. The van der Waals surface area contributed by atoms with Gasteiger partial charge in [-0.05, 0) is 36.2 Å². The third kappa shape index (κ3) is 3.66. The van der Waals surface area contributed by atoms with Crippen molar-refractivity contribution in [3.05, 3.63) is 64.1 Å². The maximum atomic E-state index is 12.1. The molecule has 0 aliphatic carbocycles. The molecule has 3 N–H and O–H groups in total. The Morgan fingerprint density at radius 2 is 1.89 bits per heavy atom. The van der Waals surface area contributed by atoms with E-state index >= 15 is 0 Å². The summed E-state index contributed by atoms with van der Waals surface area (Å²) in [6.45, 7) is 1.97. The first-order valence-electron chi connectivity index (χ1n) is 5.95. The van der Waals surface area contributed by atoms with Crippen molar-refractivity contribution in [2.75, 3.05) is 5.32 Å². The van der Waals surface area contributed by atoms with Crippen molar-refractivity contribution in [2.24, 2.45) is 5.73 Å². The predicted octanol–water partition coefficient (Wildman–Crippen LogP) is 3.40. The van der Waals surface area contributed by atoms with Crippen LogP contribution in [0, 0.1) is 6.92 Å². The highest BCUT2D eigenvalue weighted by Crippen LogP contribution is 2.20. The highest BCUT2D eigenvalue weighted by atomic mass is 79.9. The van der Waals surface area contributed by atoms with Crippen molar-refractivity contribution in [3.63, 3.8) is 0 Å². The Kier molecular flexibility index (Phi) is 4.35. The highest BCUT2D eigenvalue weighted by molar-refractivity contribution is 9.10. The van der Waals surface area contributed by atoms with Gasteiger partial charge >= 0.3 is 0 Å².